The van der Waals surface area contributed by atoms with Gasteiger partial charge in [0, 0.05) is 5.56 Å². The minimum absolute atomic E-state index is 0.0464. The van der Waals surface area contributed by atoms with Gasteiger partial charge in [0.2, 0.25) is 5.85 Å². The standard InChI is InChI=1S/C19H19N3O3.C2H6.CH3I/c20-17-16(19(21,22)25-14-8-6-13(23)7-9-14)11-10-15(18(17)24)12-4-2-1-3-5-12;2*1-2/h1-11,23-24H,20-22H2;1-2H3;1H3. The topological polar surface area (TPSA) is 128 Å². The van der Waals surface area contributed by atoms with Gasteiger partial charge in [-0.3, -0.25) is 11.5 Å². The molecular weight excluding hydrogens is 481 g/mol. The second kappa shape index (κ2) is 11.5. The summed E-state index contributed by atoms with van der Waals surface area (Å²) in [4.78, 5) is 1.97. The smallest absolute Gasteiger partial charge is 0.241 e. The Morgan fingerprint density at radius 3 is 1.93 bits per heavy atom. The van der Waals surface area contributed by atoms with Gasteiger partial charge in [0.15, 0.2) is 0 Å². The number of phenols is 2. The number of hydrogen-bond donors (Lipinski definition) is 5. The Balaban J connectivity index is 0.000000989. The van der Waals surface area contributed by atoms with Crippen LogP contribution in [0.2, 0.25) is 0 Å². The number of nitrogen functional groups attached to an aromatic ring is 1. The molecule has 0 saturated carbocycles. The first-order chi connectivity index (χ1) is 13.9. The van der Waals surface area contributed by atoms with E-state index in [1.807, 2.05) is 49.1 Å². The van der Waals surface area contributed by atoms with Crippen LogP contribution in [-0.4, -0.2) is 15.1 Å². The molecular formula is C22H28IN3O3. The molecule has 0 spiro atoms. The molecule has 0 unspecified atom stereocenters. The van der Waals surface area contributed by atoms with Crippen LogP contribution in [0.1, 0.15) is 19.4 Å². The molecule has 3 rings (SSSR count). The Kier molecular flexibility index (Phi) is 9.73. The van der Waals surface area contributed by atoms with Crippen molar-refractivity contribution in [3.8, 4) is 28.4 Å². The zero-order chi connectivity index (χ0) is 22.0. The Hall–Kier alpha value is -2.49. The summed E-state index contributed by atoms with van der Waals surface area (Å²) in [5.74, 6) is -1.42. The van der Waals surface area contributed by atoms with E-state index in [0.29, 0.717) is 11.3 Å². The number of hydrogen-bond acceptors (Lipinski definition) is 6. The summed E-state index contributed by atoms with van der Waals surface area (Å²) in [6.07, 6.45) is 0. The van der Waals surface area contributed by atoms with E-state index in [0.717, 1.165) is 5.56 Å². The van der Waals surface area contributed by atoms with Crippen LogP contribution >= 0.6 is 22.6 Å². The lowest BCUT2D eigenvalue weighted by Crippen LogP contribution is -2.51. The second-order valence-corrected chi connectivity index (χ2v) is 5.68. The average molecular weight is 509 g/mol. The number of ether oxygens (including phenoxy) is 1. The Bertz CT molecular complexity index is 886. The molecule has 0 aliphatic heterocycles. The fraction of sp³-hybridized carbons (Fsp3) is 0.182. The van der Waals surface area contributed by atoms with Gasteiger partial charge in [-0.05, 0) is 46.9 Å². The van der Waals surface area contributed by atoms with Crippen LogP contribution in [0.3, 0.4) is 0 Å². The molecule has 0 aliphatic carbocycles. The molecule has 6 nitrogen and oxygen atoms in total. The minimum atomic E-state index is -1.76. The predicted molar refractivity (Wildman–Crippen MR) is 128 cm³/mol. The number of alkyl halides is 1. The van der Waals surface area contributed by atoms with Crippen LogP contribution < -0.4 is 21.9 Å². The maximum absolute atomic E-state index is 10.5. The summed E-state index contributed by atoms with van der Waals surface area (Å²) in [7, 11) is 0. The van der Waals surface area contributed by atoms with Gasteiger partial charge in [-0.2, -0.15) is 0 Å². The molecule has 0 fully saturated rings. The number of benzene rings is 3. The Morgan fingerprint density at radius 1 is 0.828 bits per heavy atom. The summed E-state index contributed by atoms with van der Waals surface area (Å²) >= 11 is 2.15. The normalized spacial score (nSPS) is 10.1. The largest absolute Gasteiger partial charge is 0.508 e. The molecule has 156 valence electrons. The lowest BCUT2D eigenvalue weighted by atomic mass is 9.99. The maximum atomic E-state index is 10.5. The van der Waals surface area contributed by atoms with Crippen molar-refractivity contribution in [3.63, 3.8) is 0 Å². The van der Waals surface area contributed by atoms with Crippen molar-refractivity contribution in [2.24, 2.45) is 11.5 Å². The maximum Gasteiger partial charge on any atom is 0.241 e. The molecule has 0 bridgehead atoms. The van der Waals surface area contributed by atoms with Gasteiger partial charge in [-0.15, -0.1) is 0 Å². The predicted octanol–water partition coefficient (Wildman–Crippen LogP) is 4.53. The second-order valence-electron chi connectivity index (χ2n) is 5.68. The molecule has 8 N–H and O–H groups in total. The average Bonchev–Trinajstić information content (AvgIpc) is 2.75. The molecule has 0 amide bonds. The third-order valence-corrected chi connectivity index (χ3v) is 3.85. The number of aromatic hydroxyl groups is 2. The first-order valence-corrected chi connectivity index (χ1v) is 11.1. The third kappa shape index (κ3) is 6.25. The summed E-state index contributed by atoms with van der Waals surface area (Å²) in [6.45, 7) is 4.00. The quantitative estimate of drug-likeness (QED) is 0.116. The van der Waals surface area contributed by atoms with Crippen molar-refractivity contribution in [3.05, 3.63) is 72.3 Å². The van der Waals surface area contributed by atoms with Crippen LogP contribution in [0.15, 0.2) is 66.7 Å². The van der Waals surface area contributed by atoms with Gasteiger partial charge >= 0.3 is 0 Å². The van der Waals surface area contributed by atoms with Crippen LogP contribution in [0, 0.1) is 0 Å². The van der Waals surface area contributed by atoms with E-state index in [2.05, 4.69) is 22.6 Å². The van der Waals surface area contributed by atoms with Gasteiger partial charge in [-0.1, -0.05) is 66.8 Å². The summed E-state index contributed by atoms with van der Waals surface area (Å²) in [5, 5.41) is 19.8. The van der Waals surface area contributed by atoms with E-state index in [1.54, 1.807) is 12.1 Å². The monoisotopic (exact) mass is 509 g/mol. The summed E-state index contributed by atoms with van der Waals surface area (Å²) in [6, 6.07) is 18.6. The van der Waals surface area contributed by atoms with Gasteiger partial charge in [0.1, 0.15) is 17.2 Å². The van der Waals surface area contributed by atoms with E-state index >= 15 is 0 Å². The van der Waals surface area contributed by atoms with Gasteiger partial charge in [0.05, 0.1) is 11.3 Å². The van der Waals surface area contributed by atoms with Crippen molar-refractivity contribution >= 4 is 28.3 Å². The molecule has 0 aliphatic rings. The minimum Gasteiger partial charge on any atom is -0.508 e. The van der Waals surface area contributed by atoms with Crippen LogP contribution in [-0.2, 0) is 5.85 Å². The molecule has 0 aromatic heterocycles. The highest BCUT2D eigenvalue weighted by Crippen LogP contribution is 2.38. The van der Waals surface area contributed by atoms with Crippen LogP contribution in [0.4, 0.5) is 5.69 Å². The number of nitrogens with two attached hydrogens (primary N) is 3. The molecule has 3 aromatic carbocycles. The molecule has 7 heteroatoms. The van der Waals surface area contributed by atoms with Crippen molar-refractivity contribution in [1.29, 1.82) is 0 Å². The van der Waals surface area contributed by atoms with Crippen LogP contribution in [0.5, 0.6) is 17.2 Å². The summed E-state index contributed by atoms with van der Waals surface area (Å²) < 4.78 is 5.58. The number of phenolic OH excluding ortho intramolecular Hbond substituents is 2. The number of rotatable bonds is 4. The highest BCUT2D eigenvalue weighted by atomic mass is 127. The third-order valence-electron chi connectivity index (χ3n) is 3.85. The highest BCUT2D eigenvalue weighted by Gasteiger charge is 2.29. The number of anilines is 1. The fourth-order valence-electron chi connectivity index (χ4n) is 2.56. The summed E-state index contributed by atoms with van der Waals surface area (Å²) in [5.41, 5.74) is 19.9. The van der Waals surface area contributed by atoms with Crippen molar-refractivity contribution < 1.29 is 14.9 Å². The SMILES string of the molecule is CC.CI.Nc1c(C(N)(N)Oc2ccc(O)cc2)ccc(-c2ccccc2)c1O. The van der Waals surface area contributed by atoms with Crippen molar-refractivity contribution in [2.45, 2.75) is 19.7 Å². The zero-order valence-corrected chi connectivity index (χ0v) is 18.9. The molecule has 29 heavy (non-hydrogen) atoms. The zero-order valence-electron chi connectivity index (χ0n) is 16.8. The van der Waals surface area contributed by atoms with E-state index in [-0.39, 0.29) is 22.7 Å². The van der Waals surface area contributed by atoms with E-state index < -0.39 is 5.85 Å². The first-order valence-electron chi connectivity index (χ1n) is 8.99. The van der Waals surface area contributed by atoms with Gasteiger partial charge in [-0.25, -0.2) is 0 Å². The molecule has 0 saturated heterocycles. The molecule has 0 atom stereocenters. The van der Waals surface area contributed by atoms with E-state index in [9.17, 15) is 10.2 Å². The Labute approximate surface area is 185 Å². The molecule has 3 aromatic rings. The van der Waals surface area contributed by atoms with Crippen molar-refractivity contribution in [2.75, 3.05) is 10.7 Å². The first kappa shape index (κ1) is 24.5. The number of halogens is 1. The van der Waals surface area contributed by atoms with E-state index in [4.69, 9.17) is 21.9 Å². The van der Waals surface area contributed by atoms with Crippen LogP contribution in [0.25, 0.3) is 11.1 Å². The molecule has 0 heterocycles. The lowest BCUT2D eigenvalue weighted by molar-refractivity contribution is 0.0812. The molecule has 0 radical (unpaired) electrons. The fourth-order valence-corrected chi connectivity index (χ4v) is 2.56. The lowest BCUT2D eigenvalue weighted by Gasteiger charge is -2.28. The van der Waals surface area contributed by atoms with Gasteiger partial charge < -0.3 is 20.7 Å². The van der Waals surface area contributed by atoms with Gasteiger partial charge in [0.25, 0.3) is 0 Å². The van der Waals surface area contributed by atoms with E-state index in [1.165, 1.54) is 24.3 Å². The highest BCUT2D eigenvalue weighted by molar-refractivity contribution is 14.1. The Morgan fingerprint density at radius 2 is 1.38 bits per heavy atom. The van der Waals surface area contributed by atoms with Crippen molar-refractivity contribution in [1.82, 2.24) is 0 Å².